The SMILES string of the molecule is CCNCc1ccc2c(c1)NC(=O)CC(=O)N2. The van der Waals surface area contributed by atoms with Crippen molar-refractivity contribution in [2.24, 2.45) is 0 Å². The van der Waals surface area contributed by atoms with Crippen molar-refractivity contribution in [2.45, 2.75) is 19.9 Å². The second kappa shape index (κ2) is 4.97. The van der Waals surface area contributed by atoms with Gasteiger partial charge in [0.25, 0.3) is 0 Å². The zero-order chi connectivity index (χ0) is 12.3. The van der Waals surface area contributed by atoms with Crippen molar-refractivity contribution in [3.63, 3.8) is 0 Å². The Morgan fingerprint density at radius 3 is 2.59 bits per heavy atom. The second-order valence-corrected chi connectivity index (χ2v) is 3.93. The Kier molecular flexibility index (Phi) is 3.39. The van der Waals surface area contributed by atoms with E-state index in [1.165, 1.54) is 0 Å². The van der Waals surface area contributed by atoms with Gasteiger partial charge < -0.3 is 16.0 Å². The Hall–Kier alpha value is -1.88. The summed E-state index contributed by atoms with van der Waals surface area (Å²) in [6, 6.07) is 5.62. The average Bonchev–Trinajstić information content (AvgIpc) is 2.42. The molecular weight excluding hydrogens is 218 g/mol. The zero-order valence-corrected chi connectivity index (χ0v) is 9.67. The first-order valence-electron chi connectivity index (χ1n) is 5.62. The van der Waals surface area contributed by atoms with Crippen molar-refractivity contribution in [3.05, 3.63) is 23.8 Å². The largest absolute Gasteiger partial charge is 0.324 e. The molecule has 2 amide bonds. The fourth-order valence-electron chi connectivity index (χ4n) is 1.72. The molecule has 0 aliphatic carbocycles. The van der Waals surface area contributed by atoms with Crippen LogP contribution in [0.4, 0.5) is 11.4 Å². The van der Waals surface area contributed by atoms with E-state index in [2.05, 4.69) is 16.0 Å². The maximum Gasteiger partial charge on any atom is 0.233 e. The Labute approximate surface area is 99.6 Å². The summed E-state index contributed by atoms with van der Waals surface area (Å²) in [7, 11) is 0. The first-order chi connectivity index (χ1) is 8.19. The molecule has 1 aliphatic heterocycles. The molecule has 0 bridgehead atoms. The summed E-state index contributed by atoms with van der Waals surface area (Å²) < 4.78 is 0. The summed E-state index contributed by atoms with van der Waals surface area (Å²) in [6.45, 7) is 3.67. The van der Waals surface area contributed by atoms with Crippen LogP contribution in [0.3, 0.4) is 0 Å². The van der Waals surface area contributed by atoms with Gasteiger partial charge in [-0.3, -0.25) is 9.59 Å². The minimum Gasteiger partial charge on any atom is -0.324 e. The second-order valence-electron chi connectivity index (χ2n) is 3.93. The van der Waals surface area contributed by atoms with Crippen LogP contribution in [-0.2, 0) is 16.1 Å². The number of hydrogen-bond acceptors (Lipinski definition) is 3. The van der Waals surface area contributed by atoms with Crippen LogP contribution in [0.1, 0.15) is 18.9 Å². The van der Waals surface area contributed by atoms with Gasteiger partial charge in [-0.25, -0.2) is 0 Å². The lowest BCUT2D eigenvalue weighted by atomic mass is 10.1. The van der Waals surface area contributed by atoms with Gasteiger partial charge in [-0.1, -0.05) is 13.0 Å². The van der Waals surface area contributed by atoms with Crippen molar-refractivity contribution in [1.82, 2.24) is 5.32 Å². The van der Waals surface area contributed by atoms with E-state index < -0.39 is 0 Å². The first kappa shape index (κ1) is 11.6. The van der Waals surface area contributed by atoms with Crippen LogP contribution in [0, 0.1) is 0 Å². The molecule has 17 heavy (non-hydrogen) atoms. The van der Waals surface area contributed by atoms with Crippen LogP contribution in [-0.4, -0.2) is 18.4 Å². The molecule has 0 spiro atoms. The third kappa shape index (κ3) is 2.82. The molecule has 0 radical (unpaired) electrons. The van der Waals surface area contributed by atoms with Crippen molar-refractivity contribution < 1.29 is 9.59 Å². The molecule has 2 rings (SSSR count). The molecule has 90 valence electrons. The predicted molar refractivity (Wildman–Crippen MR) is 65.7 cm³/mol. The molecule has 1 aromatic carbocycles. The van der Waals surface area contributed by atoms with E-state index in [0.29, 0.717) is 11.4 Å². The summed E-state index contributed by atoms with van der Waals surface area (Å²) in [6.07, 6.45) is -0.128. The summed E-state index contributed by atoms with van der Waals surface area (Å²) >= 11 is 0. The first-order valence-corrected chi connectivity index (χ1v) is 5.62. The molecule has 0 unspecified atom stereocenters. The third-order valence-corrected chi connectivity index (χ3v) is 2.53. The van der Waals surface area contributed by atoms with Gasteiger partial charge in [0, 0.05) is 6.54 Å². The molecular formula is C12H15N3O2. The van der Waals surface area contributed by atoms with Gasteiger partial charge in [0.05, 0.1) is 11.4 Å². The summed E-state index contributed by atoms with van der Waals surface area (Å²) in [4.78, 5) is 22.7. The smallest absolute Gasteiger partial charge is 0.233 e. The number of carbonyl (C=O) groups excluding carboxylic acids is 2. The summed E-state index contributed by atoms with van der Waals surface area (Å²) in [5, 5.41) is 8.62. The molecule has 1 aliphatic rings. The van der Waals surface area contributed by atoms with E-state index in [9.17, 15) is 9.59 Å². The molecule has 1 aromatic rings. The number of amides is 2. The van der Waals surface area contributed by atoms with Crippen molar-refractivity contribution in [1.29, 1.82) is 0 Å². The molecule has 0 saturated heterocycles. The van der Waals surface area contributed by atoms with Crippen LogP contribution in [0.2, 0.25) is 0 Å². The van der Waals surface area contributed by atoms with Gasteiger partial charge in [-0.15, -0.1) is 0 Å². The molecule has 0 atom stereocenters. The van der Waals surface area contributed by atoms with E-state index in [1.807, 2.05) is 25.1 Å². The standard InChI is InChI=1S/C12H15N3O2/c1-2-13-7-8-3-4-9-10(5-8)15-12(17)6-11(16)14-9/h3-5,13H,2,6-7H2,1H3,(H,14,16)(H,15,17). The molecule has 0 fully saturated rings. The summed E-state index contributed by atoms with van der Waals surface area (Å²) in [5.41, 5.74) is 2.39. The highest BCUT2D eigenvalue weighted by Crippen LogP contribution is 2.25. The quantitative estimate of drug-likeness (QED) is 0.684. The fourth-order valence-corrected chi connectivity index (χ4v) is 1.72. The van der Waals surface area contributed by atoms with E-state index in [-0.39, 0.29) is 18.2 Å². The Balaban J connectivity index is 2.25. The van der Waals surface area contributed by atoms with E-state index in [0.717, 1.165) is 18.7 Å². The number of nitrogens with one attached hydrogen (secondary N) is 3. The van der Waals surface area contributed by atoms with Crippen molar-refractivity contribution >= 4 is 23.2 Å². The fraction of sp³-hybridized carbons (Fsp3) is 0.333. The maximum absolute atomic E-state index is 11.4. The number of benzene rings is 1. The van der Waals surface area contributed by atoms with Crippen LogP contribution >= 0.6 is 0 Å². The van der Waals surface area contributed by atoms with E-state index >= 15 is 0 Å². The lowest BCUT2D eigenvalue weighted by Gasteiger charge is -2.09. The highest BCUT2D eigenvalue weighted by molar-refractivity contribution is 6.13. The monoisotopic (exact) mass is 233 g/mol. The minimum absolute atomic E-state index is 0.128. The van der Waals surface area contributed by atoms with Crippen LogP contribution in [0.15, 0.2) is 18.2 Å². The lowest BCUT2D eigenvalue weighted by Crippen LogP contribution is -2.16. The maximum atomic E-state index is 11.4. The number of hydrogen-bond donors (Lipinski definition) is 3. The lowest BCUT2D eigenvalue weighted by molar-refractivity contribution is -0.123. The predicted octanol–water partition coefficient (Wildman–Crippen LogP) is 1.08. The van der Waals surface area contributed by atoms with E-state index in [1.54, 1.807) is 0 Å². The number of fused-ring (bicyclic) bond motifs is 1. The zero-order valence-electron chi connectivity index (χ0n) is 9.67. The third-order valence-electron chi connectivity index (χ3n) is 2.53. The van der Waals surface area contributed by atoms with Crippen molar-refractivity contribution in [3.8, 4) is 0 Å². The highest BCUT2D eigenvalue weighted by atomic mass is 16.2. The molecule has 3 N–H and O–H groups in total. The minimum atomic E-state index is -0.277. The van der Waals surface area contributed by atoms with E-state index in [4.69, 9.17) is 0 Å². The van der Waals surface area contributed by atoms with Gasteiger partial charge >= 0.3 is 0 Å². The number of anilines is 2. The molecule has 5 heteroatoms. The Bertz CT molecular complexity index is 457. The molecule has 5 nitrogen and oxygen atoms in total. The van der Waals surface area contributed by atoms with Crippen molar-refractivity contribution in [2.75, 3.05) is 17.2 Å². The normalized spacial score (nSPS) is 14.6. The Morgan fingerprint density at radius 1 is 1.18 bits per heavy atom. The molecule has 0 aromatic heterocycles. The van der Waals surface area contributed by atoms with Gasteiger partial charge in [-0.05, 0) is 24.2 Å². The Morgan fingerprint density at radius 2 is 1.88 bits per heavy atom. The molecule has 0 saturated carbocycles. The van der Waals surface area contributed by atoms with Crippen LogP contribution < -0.4 is 16.0 Å². The average molecular weight is 233 g/mol. The highest BCUT2D eigenvalue weighted by Gasteiger charge is 2.17. The molecule has 1 heterocycles. The van der Waals surface area contributed by atoms with Crippen LogP contribution in [0.5, 0.6) is 0 Å². The van der Waals surface area contributed by atoms with Gasteiger partial charge in [0.1, 0.15) is 6.42 Å². The van der Waals surface area contributed by atoms with Gasteiger partial charge in [0.2, 0.25) is 11.8 Å². The summed E-state index contributed by atoms with van der Waals surface area (Å²) in [5.74, 6) is -0.553. The van der Waals surface area contributed by atoms with Gasteiger partial charge in [-0.2, -0.15) is 0 Å². The van der Waals surface area contributed by atoms with Crippen LogP contribution in [0.25, 0.3) is 0 Å². The number of rotatable bonds is 3. The number of carbonyl (C=O) groups is 2. The van der Waals surface area contributed by atoms with Gasteiger partial charge in [0.15, 0.2) is 0 Å². The topological polar surface area (TPSA) is 70.2 Å².